The number of rotatable bonds is 6. The normalized spacial score (nSPS) is 22.3. The van der Waals surface area contributed by atoms with Gasteiger partial charge in [-0.3, -0.25) is 4.90 Å². The molecule has 0 bridgehead atoms. The van der Waals surface area contributed by atoms with Gasteiger partial charge in [-0.2, -0.15) is 0 Å². The Morgan fingerprint density at radius 3 is 2.84 bits per heavy atom. The topological polar surface area (TPSA) is 15.3 Å². The average molecular weight is 260 g/mol. The molecule has 106 valence electrons. The monoisotopic (exact) mass is 260 g/mol. The van der Waals surface area contributed by atoms with Crippen molar-refractivity contribution >= 4 is 0 Å². The highest BCUT2D eigenvalue weighted by atomic mass is 15.2. The van der Waals surface area contributed by atoms with Crippen molar-refractivity contribution in [3.63, 3.8) is 0 Å². The lowest BCUT2D eigenvalue weighted by Gasteiger charge is -2.37. The molecule has 19 heavy (non-hydrogen) atoms. The first-order valence-corrected chi connectivity index (χ1v) is 7.81. The quantitative estimate of drug-likeness (QED) is 0.845. The van der Waals surface area contributed by atoms with E-state index in [4.69, 9.17) is 0 Å². The standard InChI is InChI=1S/C17H28N2/c1-3-7-17-14-19(13-12-18-17)15(2)10-11-16-8-5-4-6-9-16/h4-6,8-9,15,17-18H,3,7,10-14H2,1-2H3. The number of hydrogen-bond donors (Lipinski definition) is 1. The summed E-state index contributed by atoms with van der Waals surface area (Å²) < 4.78 is 0. The zero-order chi connectivity index (χ0) is 13.5. The summed E-state index contributed by atoms with van der Waals surface area (Å²) in [6, 6.07) is 12.3. The van der Waals surface area contributed by atoms with Gasteiger partial charge in [0.15, 0.2) is 0 Å². The summed E-state index contributed by atoms with van der Waals surface area (Å²) in [6.45, 7) is 8.25. The molecule has 2 atom stereocenters. The Bertz CT molecular complexity index is 348. The summed E-state index contributed by atoms with van der Waals surface area (Å²) in [6.07, 6.45) is 5.05. The van der Waals surface area contributed by atoms with E-state index in [1.165, 1.54) is 44.3 Å². The molecule has 0 aromatic heterocycles. The lowest BCUT2D eigenvalue weighted by molar-refractivity contribution is 0.143. The second-order valence-corrected chi connectivity index (χ2v) is 5.81. The lowest BCUT2D eigenvalue weighted by Crippen LogP contribution is -2.53. The van der Waals surface area contributed by atoms with Crippen molar-refractivity contribution in [3.05, 3.63) is 35.9 Å². The summed E-state index contributed by atoms with van der Waals surface area (Å²) >= 11 is 0. The molecule has 0 radical (unpaired) electrons. The molecule has 0 saturated carbocycles. The molecule has 1 aliphatic rings. The third kappa shape index (κ3) is 4.63. The Morgan fingerprint density at radius 2 is 2.11 bits per heavy atom. The molecule has 2 rings (SSSR count). The molecular weight excluding hydrogens is 232 g/mol. The SMILES string of the molecule is CCCC1CN(C(C)CCc2ccccc2)CCN1. The van der Waals surface area contributed by atoms with E-state index in [9.17, 15) is 0 Å². The first-order valence-electron chi connectivity index (χ1n) is 7.81. The minimum absolute atomic E-state index is 0.696. The van der Waals surface area contributed by atoms with Crippen molar-refractivity contribution in [1.82, 2.24) is 10.2 Å². The van der Waals surface area contributed by atoms with E-state index in [1.807, 2.05) is 0 Å². The van der Waals surface area contributed by atoms with E-state index in [2.05, 4.69) is 54.4 Å². The lowest BCUT2D eigenvalue weighted by atomic mass is 10.0. The fourth-order valence-electron chi connectivity index (χ4n) is 3.00. The van der Waals surface area contributed by atoms with Gasteiger partial charge in [-0.15, -0.1) is 0 Å². The molecule has 1 aliphatic heterocycles. The van der Waals surface area contributed by atoms with Crippen LogP contribution in [-0.2, 0) is 6.42 Å². The Labute approximate surface area is 118 Å². The third-order valence-electron chi connectivity index (χ3n) is 4.24. The number of nitrogens with one attached hydrogen (secondary N) is 1. The van der Waals surface area contributed by atoms with Crippen molar-refractivity contribution in [1.29, 1.82) is 0 Å². The van der Waals surface area contributed by atoms with Crippen molar-refractivity contribution in [3.8, 4) is 0 Å². The molecule has 0 spiro atoms. The summed E-state index contributed by atoms with van der Waals surface area (Å²) in [4.78, 5) is 2.67. The largest absolute Gasteiger partial charge is 0.311 e. The predicted octanol–water partition coefficient (Wildman–Crippen LogP) is 3.08. The van der Waals surface area contributed by atoms with E-state index in [0.29, 0.717) is 12.1 Å². The van der Waals surface area contributed by atoms with Crippen LogP contribution in [0, 0.1) is 0 Å². The Balaban J connectivity index is 1.77. The van der Waals surface area contributed by atoms with Crippen LogP contribution >= 0.6 is 0 Å². The highest BCUT2D eigenvalue weighted by Gasteiger charge is 2.22. The summed E-state index contributed by atoms with van der Waals surface area (Å²) in [5, 5.41) is 3.64. The highest BCUT2D eigenvalue weighted by molar-refractivity contribution is 5.14. The van der Waals surface area contributed by atoms with E-state index in [0.717, 1.165) is 6.54 Å². The maximum atomic E-state index is 3.64. The van der Waals surface area contributed by atoms with Gasteiger partial charge < -0.3 is 5.32 Å². The van der Waals surface area contributed by atoms with E-state index >= 15 is 0 Å². The Morgan fingerprint density at radius 1 is 1.32 bits per heavy atom. The van der Waals surface area contributed by atoms with Crippen molar-refractivity contribution in [2.24, 2.45) is 0 Å². The molecule has 2 heteroatoms. The van der Waals surface area contributed by atoms with Crippen LogP contribution in [-0.4, -0.2) is 36.6 Å². The van der Waals surface area contributed by atoms with Crippen LogP contribution in [0.3, 0.4) is 0 Å². The van der Waals surface area contributed by atoms with E-state index in [-0.39, 0.29) is 0 Å². The number of piperazine rings is 1. The van der Waals surface area contributed by atoms with Crippen LogP contribution < -0.4 is 5.32 Å². The van der Waals surface area contributed by atoms with Crippen LogP contribution in [0.25, 0.3) is 0 Å². The number of hydrogen-bond acceptors (Lipinski definition) is 2. The van der Waals surface area contributed by atoms with Gasteiger partial charge in [0.2, 0.25) is 0 Å². The van der Waals surface area contributed by atoms with Crippen LogP contribution in [0.1, 0.15) is 38.7 Å². The molecule has 2 nitrogen and oxygen atoms in total. The second-order valence-electron chi connectivity index (χ2n) is 5.81. The van der Waals surface area contributed by atoms with Gasteiger partial charge >= 0.3 is 0 Å². The molecule has 2 unspecified atom stereocenters. The first-order chi connectivity index (χ1) is 9.29. The zero-order valence-electron chi connectivity index (χ0n) is 12.4. The molecule has 1 aromatic rings. The molecule has 0 aliphatic carbocycles. The van der Waals surface area contributed by atoms with Crippen LogP contribution in [0.4, 0.5) is 0 Å². The van der Waals surface area contributed by atoms with Gasteiger partial charge in [-0.1, -0.05) is 43.7 Å². The predicted molar refractivity (Wildman–Crippen MR) is 82.5 cm³/mol. The summed E-state index contributed by atoms with van der Waals surface area (Å²) in [5.41, 5.74) is 1.47. The molecule has 1 saturated heterocycles. The first kappa shape index (κ1) is 14.5. The zero-order valence-corrected chi connectivity index (χ0v) is 12.4. The van der Waals surface area contributed by atoms with Crippen molar-refractivity contribution in [2.45, 2.75) is 51.6 Å². The molecule has 1 N–H and O–H groups in total. The summed E-state index contributed by atoms with van der Waals surface area (Å²) in [7, 11) is 0. The van der Waals surface area contributed by atoms with Gasteiger partial charge in [-0.25, -0.2) is 0 Å². The fourth-order valence-corrected chi connectivity index (χ4v) is 3.00. The molecular formula is C17H28N2. The molecule has 1 heterocycles. The van der Waals surface area contributed by atoms with Gasteiger partial charge in [0, 0.05) is 31.7 Å². The maximum absolute atomic E-state index is 3.64. The van der Waals surface area contributed by atoms with E-state index < -0.39 is 0 Å². The van der Waals surface area contributed by atoms with Crippen molar-refractivity contribution in [2.75, 3.05) is 19.6 Å². The smallest absolute Gasteiger partial charge is 0.0195 e. The van der Waals surface area contributed by atoms with Gasteiger partial charge in [0.05, 0.1) is 0 Å². The molecule has 1 aromatic carbocycles. The average Bonchev–Trinajstić information content (AvgIpc) is 2.46. The highest BCUT2D eigenvalue weighted by Crippen LogP contribution is 2.13. The van der Waals surface area contributed by atoms with Gasteiger partial charge in [-0.05, 0) is 31.7 Å². The summed E-state index contributed by atoms with van der Waals surface area (Å²) in [5.74, 6) is 0. The third-order valence-corrected chi connectivity index (χ3v) is 4.24. The number of aryl methyl sites for hydroxylation is 1. The Kier molecular flexibility index (Phi) is 5.87. The second kappa shape index (κ2) is 7.66. The molecule has 1 fully saturated rings. The van der Waals surface area contributed by atoms with Crippen LogP contribution in [0.5, 0.6) is 0 Å². The van der Waals surface area contributed by atoms with Gasteiger partial charge in [0.25, 0.3) is 0 Å². The maximum Gasteiger partial charge on any atom is 0.0195 e. The van der Waals surface area contributed by atoms with Crippen LogP contribution in [0.15, 0.2) is 30.3 Å². The van der Waals surface area contributed by atoms with Gasteiger partial charge in [0.1, 0.15) is 0 Å². The van der Waals surface area contributed by atoms with Crippen molar-refractivity contribution < 1.29 is 0 Å². The fraction of sp³-hybridized carbons (Fsp3) is 0.647. The minimum atomic E-state index is 0.696. The molecule has 0 amide bonds. The number of benzene rings is 1. The van der Waals surface area contributed by atoms with E-state index in [1.54, 1.807) is 0 Å². The minimum Gasteiger partial charge on any atom is -0.311 e. The van der Waals surface area contributed by atoms with Crippen LogP contribution in [0.2, 0.25) is 0 Å². The number of nitrogens with zero attached hydrogens (tertiary/aromatic N) is 1. The Hall–Kier alpha value is -0.860.